The molecule has 0 amide bonds. The van der Waals surface area contributed by atoms with E-state index in [2.05, 4.69) is 37.0 Å². The Balaban J connectivity index is 2.22. The van der Waals surface area contributed by atoms with Gasteiger partial charge in [0.1, 0.15) is 0 Å². The molecule has 0 heterocycles. The molecule has 16 heavy (non-hydrogen) atoms. The van der Waals surface area contributed by atoms with E-state index in [1.165, 1.54) is 36.1 Å². The topological polar surface area (TPSA) is 12.0 Å². The molecule has 0 bridgehead atoms. The van der Waals surface area contributed by atoms with E-state index < -0.39 is 0 Å². The number of nitrogens with one attached hydrogen (secondary N) is 1. The Kier molecular flexibility index (Phi) is 3.33. The van der Waals surface area contributed by atoms with Crippen LogP contribution in [0.5, 0.6) is 0 Å². The zero-order valence-electron chi connectivity index (χ0n) is 10.3. The first-order valence-corrected chi connectivity index (χ1v) is 6.24. The van der Waals surface area contributed by atoms with Crippen LogP contribution in [0.4, 0.5) is 5.69 Å². The van der Waals surface area contributed by atoms with Gasteiger partial charge < -0.3 is 5.32 Å². The molecule has 2 atom stereocenters. The first-order chi connectivity index (χ1) is 7.80. The normalized spacial score (nSPS) is 22.9. The predicted octanol–water partition coefficient (Wildman–Crippen LogP) is 4.27. The number of hydrogen-bond donors (Lipinski definition) is 1. The molecule has 1 nitrogen and oxygen atoms in total. The minimum absolute atomic E-state index is 0.779. The molecule has 1 aliphatic rings. The summed E-state index contributed by atoms with van der Waals surface area (Å²) < 4.78 is 0. The average molecular weight is 215 g/mol. The van der Waals surface area contributed by atoms with Crippen LogP contribution in [-0.4, -0.2) is 7.05 Å². The Bertz CT molecular complexity index is 381. The molecule has 1 heteroatoms. The lowest BCUT2D eigenvalue weighted by molar-refractivity contribution is 0.686. The summed E-state index contributed by atoms with van der Waals surface area (Å²) in [6.45, 7) is 6.18. The molecule has 1 saturated carbocycles. The number of anilines is 1. The largest absolute Gasteiger partial charge is 0.388 e. The third-order valence-corrected chi connectivity index (χ3v) is 3.58. The van der Waals surface area contributed by atoms with Gasteiger partial charge in [0.05, 0.1) is 0 Å². The first kappa shape index (κ1) is 11.3. The molecule has 0 spiro atoms. The van der Waals surface area contributed by atoms with Gasteiger partial charge in [0, 0.05) is 12.7 Å². The minimum atomic E-state index is 0.779. The smallest absolute Gasteiger partial charge is 0.0340 e. The lowest BCUT2D eigenvalue weighted by atomic mass is 10.00. The highest BCUT2D eigenvalue weighted by atomic mass is 14.8. The second-order valence-corrected chi connectivity index (χ2v) is 4.69. The lowest BCUT2D eigenvalue weighted by Gasteiger charge is -2.09. The molecule has 2 unspecified atom stereocenters. The van der Waals surface area contributed by atoms with Gasteiger partial charge in [-0.05, 0) is 41.5 Å². The van der Waals surface area contributed by atoms with Crippen molar-refractivity contribution in [3.8, 4) is 0 Å². The second kappa shape index (κ2) is 4.73. The zero-order valence-corrected chi connectivity index (χ0v) is 10.3. The fraction of sp³-hybridized carbons (Fsp3) is 0.467. The van der Waals surface area contributed by atoms with Crippen molar-refractivity contribution in [2.75, 3.05) is 12.4 Å². The summed E-state index contributed by atoms with van der Waals surface area (Å²) in [5.74, 6) is 1.69. The van der Waals surface area contributed by atoms with Gasteiger partial charge in [-0.1, -0.05) is 38.5 Å². The highest BCUT2D eigenvalue weighted by molar-refractivity contribution is 5.60. The van der Waals surface area contributed by atoms with Crippen LogP contribution in [0.2, 0.25) is 0 Å². The molecule has 1 N–H and O–H groups in total. The number of rotatable bonds is 5. The molecule has 1 aromatic rings. The summed E-state index contributed by atoms with van der Waals surface area (Å²) in [6.07, 6.45) is 6.01. The van der Waals surface area contributed by atoms with Crippen molar-refractivity contribution in [1.82, 2.24) is 0 Å². The molecule has 0 aliphatic heterocycles. The van der Waals surface area contributed by atoms with Gasteiger partial charge in [-0.15, -0.1) is 0 Å². The highest BCUT2D eigenvalue weighted by Gasteiger charge is 2.38. The van der Waals surface area contributed by atoms with E-state index in [1.54, 1.807) is 0 Å². The fourth-order valence-electron chi connectivity index (χ4n) is 2.56. The molecule has 1 aromatic carbocycles. The van der Waals surface area contributed by atoms with Crippen LogP contribution >= 0.6 is 0 Å². The first-order valence-electron chi connectivity index (χ1n) is 6.24. The van der Waals surface area contributed by atoms with Crippen LogP contribution in [0.15, 0.2) is 24.8 Å². The van der Waals surface area contributed by atoms with Crippen LogP contribution in [0.1, 0.15) is 43.2 Å². The highest BCUT2D eigenvalue weighted by Crippen LogP contribution is 2.51. The maximum absolute atomic E-state index is 3.91. The monoisotopic (exact) mass is 215 g/mol. The summed E-state index contributed by atoms with van der Waals surface area (Å²) >= 11 is 0. The fourth-order valence-corrected chi connectivity index (χ4v) is 2.56. The molecule has 0 saturated heterocycles. The van der Waals surface area contributed by atoms with Crippen molar-refractivity contribution in [2.45, 2.75) is 32.1 Å². The molecule has 1 aliphatic carbocycles. The van der Waals surface area contributed by atoms with Gasteiger partial charge in [-0.3, -0.25) is 0 Å². The molecule has 86 valence electrons. The van der Waals surface area contributed by atoms with Gasteiger partial charge in [0.15, 0.2) is 0 Å². The van der Waals surface area contributed by atoms with E-state index in [1.807, 2.05) is 13.1 Å². The van der Waals surface area contributed by atoms with E-state index in [-0.39, 0.29) is 0 Å². The summed E-state index contributed by atoms with van der Waals surface area (Å²) in [7, 11) is 1.98. The van der Waals surface area contributed by atoms with Crippen LogP contribution in [0.25, 0.3) is 6.08 Å². The summed E-state index contributed by atoms with van der Waals surface area (Å²) in [5, 5.41) is 3.21. The SMILES string of the molecule is C=Cc1ccc(NC)cc1C1CC1CCC. The van der Waals surface area contributed by atoms with Crippen molar-refractivity contribution >= 4 is 11.8 Å². The molecular formula is C15H21N. The number of benzene rings is 1. The lowest BCUT2D eigenvalue weighted by Crippen LogP contribution is -1.93. The van der Waals surface area contributed by atoms with Gasteiger partial charge >= 0.3 is 0 Å². The van der Waals surface area contributed by atoms with Crippen molar-refractivity contribution in [1.29, 1.82) is 0 Å². The van der Waals surface area contributed by atoms with Crippen LogP contribution in [0, 0.1) is 5.92 Å². The van der Waals surface area contributed by atoms with E-state index >= 15 is 0 Å². The molecule has 1 fully saturated rings. The zero-order chi connectivity index (χ0) is 11.5. The molecule has 2 rings (SSSR count). The van der Waals surface area contributed by atoms with Gasteiger partial charge in [0.25, 0.3) is 0 Å². The van der Waals surface area contributed by atoms with E-state index in [0.717, 1.165) is 11.8 Å². The maximum atomic E-state index is 3.91. The van der Waals surface area contributed by atoms with E-state index in [9.17, 15) is 0 Å². The van der Waals surface area contributed by atoms with Crippen molar-refractivity contribution in [2.24, 2.45) is 5.92 Å². The Hall–Kier alpha value is -1.24. The standard InChI is InChI=1S/C15H21N/c1-4-6-12-9-14(12)15-10-13(16-3)8-7-11(15)5-2/h5,7-8,10,12,14,16H,2,4,6,9H2,1,3H3. The Morgan fingerprint density at radius 2 is 2.31 bits per heavy atom. The van der Waals surface area contributed by atoms with Crippen LogP contribution in [0.3, 0.4) is 0 Å². The van der Waals surface area contributed by atoms with Crippen LogP contribution in [-0.2, 0) is 0 Å². The van der Waals surface area contributed by atoms with Crippen molar-refractivity contribution in [3.63, 3.8) is 0 Å². The molecule has 0 radical (unpaired) electrons. The summed E-state index contributed by atoms with van der Waals surface area (Å²) in [4.78, 5) is 0. The summed E-state index contributed by atoms with van der Waals surface area (Å²) in [6, 6.07) is 6.59. The maximum Gasteiger partial charge on any atom is 0.0340 e. The van der Waals surface area contributed by atoms with E-state index in [0.29, 0.717) is 0 Å². The molecule has 0 aromatic heterocycles. The summed E-state index contributed by atoms with van der Waals surface area (Å²) in [5.41, 5.74) is 4.01. The molecular weight excluding hydrogens is 194 g/mol. The third kappa shape index (κ3) is 2.13. The predicted molar refractivity (Wildman–Crippen MR) is 71.8 cm³/mol. The van der Waals surface area contributed by atoms with Gasteiger partial charge in [-0.2, -0.15) is 0 Å². The Labute approximate surface area is 98.6 Å². The Morgan fingerprint density at radius 1 is 1.50 bits per heavy atom. The van der Waals surface area contributed by atoms with Gasteiger partial charge in [-0.25, -0.2) is 0 Å². The van der Waals surface area contributed by atoms with Crippen molar-refractivity contribution in [3.05, 3.63) is 35.9 Å². The number of hydrogen-bond acceptors (Lipinski definition) is 1. The van der Waals surface area contributed by atoms with Crippen molar-refractivity contribution < 1.29 is 0 Å². The van der Waals surface area contributed by atoms with E-state index in [4.69, 9.17) is 0 Å². The third-order valence-electron chi connectivity index (χ3n) is 3.58. The quantitative estimate of drug-likeness (QED) is 0.773. The second-order valence-electron chi connectivity index (χ2n) is 4.69. The average Bonchev–Trinajstić information content (AvgIpc) is 3.08. The Morgan fingerprint density at radius 3 is 2.94 bits per heavy atom. The van der Waals surface area contributed by atoms with Gasteiger partial charge in [0.2, 0.25) is 0 Å². The van der Waals surface area contributed by atoms with Crippen LogP contribution < -0.4 is 5.32 Å². The minimum Gasteiger partial charge on any atom is -0.388 e.